The molecule has 0 aliphatic rings. The van der Waals surface area contributed by atoms with E-state index in [0.717, 1.165) is 12.1 Å². The normalized spacial score (nSPS) is 13.5. The maximum atomic E-state index is 13.1. The summed E-state index contributed by atoms with van der Waals surface area (Å²) in [7, 11) is -19.0. The first-order valence-electron chi connectivity index (χ1n) is 20.3. The van der Waals surface area contributed by atoms with Gasteiger partial charge in [0.25, 0.3) is 40.5 Å². The molecule has 7 aromatic carbocycles. The molecule has 0 fully saturated rings. The van der Waals surface area contributed by atoms with E-state index >= 15 is 0 Å². The number of azo groups is 1. The molecule has 11 rings (SSSR count). The van der Waals surface area contributed by atoms with E-state index in [9.17, 15) is 61.5 Å². The van der Waals surface area contributed by atoms with Crippen molar-refractivity contribution < 1.29 is 61.5 Å². The Hall–Kier alpha value is -7.82. The molecule has 0 unspecified atom stereocenters. The summed E-state index contributed by atoms with van der Waals surface area (Å²) in [6, 6.07) is 25.6. The molecule has 0 aliphatic heterocycles. The van der Waals surface area contributed by atoms with Crippen LogP contribution >= 0.6 is 0 Å². The van der Waals surface area contributed by atoms with Crippen LogP contribution in [0, 0.1) is 0 Å². The lowest BCUT2D eigenvalue weighted by Crippen LogP contribution is -2.04. The largest absolute Gasteiger partial charge is 0.295 e. The van der Waals surface area contributed by atoms with E-state index in [4.69, 9.17) is 0 Å². The summed E-state index contributed by atoms with van der Waals surface area (Å²) >= 11 is 0. The van der Waals surface area contributed by atoms with Gasteiger partial charge in [-0.25, -0.2) is 0 Å². The summed E-state index contributed by atoms with van der Waals surface area (Å²) in [4.78, 5) is 27.4. The average Bonchev–Trinajstić information content (AvgIpc) is 4.15. The van der Waals surface area contributed by atoms with Gasteiger partial charge in [-0.1, -0.05) is 60.7 Å². The number of hydrogen-bond acceptors (Lipinski definition) is 12. The minimum atomic E-state index is -4.99. The molecule has 0 spiro atoms. The van der Waals surface area contributed by atoms with Gasteiger partial charge in [0.15, 0.2) is 11.6 Å². The monoisotopic (exact) mass is 1020 g/mol. The zero-order valence-electron chi connectivity index (χ0n) is 35.6. The fourth-order valence-corrected chi connectivity index (χ4v) is 11.4. The number of nitrogens with zero attached hydrogens (tertiary/aromatic N) is 8. The third-order valence-corrected chi connectivity index (χ3v) is 15.5. The van der Waals surface area contributed by atoms with Gasteiger partial charge in [0, 0.05) is 27.3 Å². The molecule has 11 aromatic rings. The van der Waals surface area contributed by atoms with Crippen LogP contribution in [-0.4, -0.2) is 91.6 Å². The van der Waals surface area contributed by atoms with Crippen molar-refractivity contribution in [2.24, 2.45) is 10.2 Å². The third kappa shape index (κ3) is 7.03. The first-order valence-corrected chi connectivity index (χ1v) is 26.1. The molecule has 4 N–H and O–H groups in total. The fraction of sp³-hybridized carbons (Fsp3) is 0.0455. The van der Waals surface area contributed by atoms with E-state index in [1.54, 1.807) is 55.1 Å². The number of Topliss-reactive ketones (excluding diaryl/α,β-unsaturated/α-hetero) is 2. The van der Waals surface area contributed by atoms with Crippen molar-refractivity contribution in [3.05, 3.63) is 131 Å². The summed E-state index contributed by atoms with van der Waals surface area (Å²) in [5, 5.41) is 10.2. The van der Waals surface area contributed by atoms with Crippen LogP contribution in [0.1, 0.15) is 45.7 Å². The maximum absolute atomic E-state index is 13.1. The van der Waals surface area contributed by atoms with Crippen molar-refractivity contribution in [3.63, 3.8) is 0 Å². The van der Waals surface area contributed by atoms with Crippen molar-refractivity contribution in [1.29, 1.82) is 0 Å². The van der Waals surface area contributed by atoms with E-state index in [2.05, 4.69) is 10.2 Å². The molecule has 354 valence electrons. The van der Waals surface area contributed by atoms with Crippen LogP contribution < -0.4 is 0 Å². The van der Waals surface area contributed by atoms with E-state index < -0.39 is 61.8 Å². The van der Waals surface area contributed by atoms with E-state index in [1.807, 2.05) is 0 Å². The molecule has 0 atom stereocenters. The number of fused-ring (bicyclic) bond motifs is 12. The molecule has 26 heteroatoms. The van der Waals surface area contributed by atoms with Crippen molar-refractivity contribution >= 4 is 119 Å². The molecule has 4 heterocycles. The quantitative estimate of drug-likeness (QED) is 0.0400. The zero-order chi connectivity index (χ0) is 49.7. The van der Waals surface area contributed by atoms with Crippen LogP contribution in [0.15, 0.2) is 139 Å². The van der Waals surface area contributed by atoms with Gasteiger partial charge in [-0.05, 0) is 91.0 Å². The molecule has 0 radical (unpaired) electrons. The smallest absolute Gasteiger partial charge is 0.294 e. The maximum Gasteiger partial charge on any atom is 0.295 e. The van der Waals surface area contributed by atoms with Gasteiger partial charge in [-0.2, -0.15) is 43.6 Å². The first kappa shape index (κ1) is 44.7. The van der Waals surface area contributed by atoms with Crippen molar-refractivity contribution in [2.75, 3.05) is 0 Å². The molecule has 4 aromatic heterocycles. The molecule has 0 bridgehead atoms. The van der Waals surface area contributed by atoms with E-state index in [-0.39, 0.29) is 54.5 Å². The lowest BCUT2D eigenvalue weighted by atomic mass is 10.0. The average molecular weight is 1020 g/mol. The highest BCUT2D eigenvalue weighted by Crippen LogP contribution is 2.39. The number of rotatable bonds is 12. The molecular formula is C44H30N8O14S4. The molecule has 0 amide bonds. The second-order valence-electron chi connectivity index (χ2n) is 16.2. The van der Waals surface area contributed by atoms with Crippen molar-refractivity contribution in [2.45, 2.75) is 33.4 Å². The van der Waals surface area contributed by atoms with Gasteiger partial charge >= 0.3 is 0 Å². The van der Waals surface area contributed by atoms with Crippen LogP contribution in [0.3, 0.4) is 0 Å². The summed E-state index contributed by atoms with van der Waals surface area (Å²) in [5.74, 6) is -0.881. The second-order valence-corrected chi connectivity index (χ2v) is 21.8. The molecule has 70 heavy (non-hydrogen) atoms. The van der Waals surface area contributed by atoms with Crippen LogP contribution in [0.4, 0.5) is 11.4 Å². The highest BCUT2D eigenvalue weighted by molar-refractivity contribution is 7.86. The number of carbonyl (C=O) groups is 2. The Morgan fingerprint density at radius 1 is 0.500 bits per heavy atom. The van der Waals surface area contributed by atoms with Gasteiger partial charge in [0.1, 0.15) is 36.8 Å². The van der Waals surface area contributed by atoms with Crippen LogP contribution in [0.25, 0.3) is 67.1 Å². The Morgan fingerprint density at radius 2 is 1.10 bits per heavy atom. The zero-order valence-corrected chi connectivity index (χ0v) is 38.9. The van der Waals surface area contributed by atoms with Crippen molar-refractivity contribution in [1.82, 2.24) is 28.1 Å². The molecular weight excluding hydrogens is 993 g/mol. The van der Waals surface area contributed by atoms with Crippen LogP contribution in [0.2, 0.25) is 0 Å². The lowest BCUT2D eigenvalue weighted by molar-refractivity contribution is 0.100. The number of benzene rings is 7. The molecule has 0 saturated heterocycles. The SMILES string of the molecule is CC(=O)c1cc(-n2n3c4ccc5cc(S(=O)(=O)O)ccc5c4n23)c(C(C)=O)cc1N=Nc1ccc(/C=C\c2ccc(-n3n4c5cc(S(=O)(=O)O)c6ccccc6c5n34)cc2S(=O)(=O)O)c(S(=O)(=O)O)c1. The summed E-state index contributed by atoms with van der Waals surface area (Å²) in [6.07, 6.45) is 2.37. The Balaban J connectivity index is 0.918. The minimum Gasteiger partial charge on any atom is -0.294 e. The van der Waals surface area contributed by atoms with Gasteiger partial charge < -0.3 is 0 Å². The number of carbonyl (C=O) groups excluding carboxylic acids is 2. The van der Waals surface area contributed by atoms with Gasteiger partial charge in [0.2, 0.25) is 0 Å². The number of hydrogen-bond donors (Lipinski definition) is 4. The standard InChI is InChI=1S/C44H30N8O14S4/c1-23(53)34-21-38(49-48-37-16-11-27-17-30(67(55,56)57)14-15-31(27)43(37)52(48)49)35(24(2)54)20-36(34)46-45-28-12-9-25(40(18-28)68(58,59)60)7-8-26-10-13-29(19-41(26)69(61,62)63)47-50-39-22-42(70(64,65)66)32-5-3-4-6-33(32)44(39)51(47)50/h3-22H,1-2H3,(H,55,56,57)(H,58,59,60)(H,61,62,63)(H,64,65,66)/b8-7-,46-45?. The highest BCUT2D eigenvalue weighted by atomic mass is 32.2. The fourth-order valence-electron chi connectivity index (χ4n) is 8.71. The number of ketones is 2. The summed E-state index contributed by atoms with van der Waals surface area (Å²) < 4.78 is 145. The molecule has 22 nitrogen and oxygen atoms in total. The Bertz CT molecular complexity index is 4660. The van der Waals surface area contributed by atoms with E-state index in [1.165, 1.54) is 96.1 Å². The topological polar surface area (TPSA) is 304 Å². The summed E-state index contributed by atoms with van der Waals surface area (Å²) in [6.45, 7) is 2.57. The lowest BCUT2D eigenvalue weighted by Gasteiger charge is -2.08. The Labute approximate surface area is 393 Å². The Kier molecular flexibility index (Phi) is 9.47. The molecule has 0 aliphatic carbocycles. The first-order chi connectivity index (χ1) is 32.9. The van der Waals surface area contributed by atoms with Crippen LogP contribution in [0.5, 0.6) is 0 Å². The predicted octanol–water partition coefficient (Wildman–Crippen LogP) is 7.44. The Morgan fingerprint density at radius 3 is 1.74 bits per heavy atom. The van der Waals surface area contributed by atoms with Gasteiger partial charge in [-0.3, -0.25) is 27.8 Å². The van der Waals surface area contributed by atoms with Crippen molar-refractivity contribution in [3.8, 4) is 11.4 Å². The van der Waals surface area contributed by atoms with E-state index in [0.29, 0.717) is 43.9 Å². The second kappa shape index (κ2) is 14.8. The summed E-state index contributed by atoms with van der Waals surface area (Å²) in [5.41, 5.74) is 2.62. The van der Waals surface area contributed by atoms with Gasteiger partial charge in [0.05, 0.1) is 27.6 Å². The molecule has 0 saturated carbocycles. The minimum absolute atomic E-state index is 0.0317. The highest BCUT2D eigenvalue weighted by Gasteiger charge is 2.32. The predicted molar refractivity (Wildman–Crippen MR) is 252 cm³/mol. The number of aromatic nitrogens is 6. The third-order valence-electron chi connectivity index (χ3n) is 11.9. The van der Waals surface area contributed by atoms with Crippen LogP contribution in [-0.2, 0) is 40.5 Å². The van der Waals surface area contributed by atoms with Gasteiger partial charge in [-0.15, -0.1) is 28.4 Å².